The van der Waals surface area contributed by atoms with Crippen LogP contribution in [0.1, 0.15) is 11.3 Å². The van der Waals surface area contributed by atoms with Crippen LogP contribution < -0.4 is 15.4 Å². The van der Waals surface area contributed by atoms with Crippen molar-refractivity contribution in [2.75, 3.05) is 13.7 Å². The first-order valence-electron chi connectivity index (χ1n) is 8.54. The molecular formula is C20H23IN4O2S. The second kappa shape index (κ2) is 11.5. The molecule has 0 aliphatic heterocycles. The fourth-order valence-electron chi connectivity index (χ4n) is 2.41. The summed E-state index contributed by atoms with van der Waals surface area (Å²) in [7, 11) is 1.73. The van der Waals surface area contributed by atoms with Crippen LogP contribution in [-0.4, -0.2) is 24.6 Å². The van der Waals surface area contributed by atoms with Gasteiger partial charge < -0.3 is 19.8 Å². The van der Waals surface area contributed by atoms with Crippen molar-refractivity contribution in [1.82, 2.24) is 15.6 Å². The molecule has 3 rings (SSSR count). The summed E-state index contributed by atoms with van der Waals surface area (Å²) in [5, 5.41) is 8.52. The predicted molar refractivity (Wildman–Crippen MR) is 124 cm³/mol. The molecule has 0 aliphatic rings. The molecule has 0 radical (unpaired) electrons. The van der Waals surface area contributed by atoms with Crippen molar-refractivity contribution in [3.05, 3.63) is 72.0 Å². The molecule has 0 unspecified atom stereocenters. The van der Waals surface area contributed by atoms with Crippen LogP contribution in [0.3, 0.4) is 0 Å². The highest BCUT2D eigenvalue weighted by molar-refractivity contribution is 14.0. The molecule has 2 heterocycles. The van der Waals surface area contributed by atoms with Gasteiger partial charge in [-0.3, -0.25) is 4.99 Å². The van der Waals surface area contributed by atoms with Gasteiger partial charge in [-0.1, -0.05) is 36.9 Å². The average molecular weight is 510 g/mol. The number of hydrogen-bond donors (Lipinski definition) is 2. The third kappa shape index (κ3) is 6.10. The molecule has 0 aliphatic carbocycles. The molecule has 3 aromatic rings. The molecule has 1 aromatic carbocycles. The number of aliphatic imine (C=N–C) groups is 1. The van der Waals surface area contributed by atoms with E-state index in [9.17, 15) is 0 Å². The second-order valence-corrected chi connectivity index (χ2v) is 6.56. The molecule has 28 heavy (non-hydrogen) atoms. The van der Waals surface area contributed by atoms with E-state index in [1.807, 2.05) is 41.8 Å². The van der Waals surface area contributed by atoms with E-state index in [-0.39, 0.29) is 24.0 Å². The van der Waals surface area contributed by atoms with Crippen LogP contribution >= 0.6 is 35.3 Å². The first-order valence-corrected chi connectivity index (χ1v) is 9.42. The fraction of sp³-hybridized carbons (Fsp3) is 0.200. The average Bonchev–Trinajstić information content (AvgIpc) is 3.39. The van der Waals surface area contributed by atoms with Gasteiger partial charge in [-0.25, -0.2) is 4.98 Å². The van der Waals surface area contributed by atoms with E-state index >= 15 is 0 Å². The van der Waals surface area contributed by atoms with Crippen LogP contribution in [0, 0.1) is 0 Å². The topological polar surface area (TPSA) is 71.7 Å². The quantitative estimate of drug-likeness (QED) is 0.203. The van der Waals surface area contributed by atoms with E-state index < -0.39 is 0 Å². The Morgan fingerprint density at radius 3 is 2.82 bits per heavy atom. The first-order chi connectivity index (χ1) is 13.3. The Bertz CT molecular complexity index is 893. The molecule has 0 fully saturated rings. The van der Waals surface area contributed by atoms with Crippen LogP contribution in [0.15, 0.2) is 70.1 Å². The van der Waals surface area contributed by atoms with Gasteiger partial charge in [0.15, 0.2) is 5.96 Å². The number of ether oxygens (including phenoxy) is 1. The standard InChI is InChI=1S/C20H22N4O2S.HI/c1-3-10-25-17-8-5-4-7-15(17)12-22-20(21-2)23-13-16-14-26-19(24-16)18-9-6-11-27-18;/h3-9,11,14H,1,10,12-13H2,2H3,(H2,21,22,23);1H. The number of thiophene rings is 1. The minimum absolute atomic E-state index is 0. The van der Waals surface area contributed by atoms with Gasteiger partial charge in [0.2, 0.25) is 5.89 Å². The molecule has 0 saturated carbocycles. The molecule has 6 nitrogen and oxygen atoms in total. The Balaban J connectivity index is 0.00000280. The van der Waals surface area contributed by atoms with E-state index in [2.05, 4.69) is 27.2 Å². The van der Waals surface area contributed by atoms with Crippen molar-refractivity contribution < 1.29 is 9.15 Å². The van der Waals surface area contributed by atoms with Gasteiger partial charge in [0, 0.05) is 19.2 Å². The van der Waals surface area contributed by atoms with Crippen LogP contribution in [0.25, 0.3) is 10.8 Å². The number of rotatable bonds is 8. The first kappa shape index (κ1) is 22.0. The van der Waals surface area contributed by atoms with Gasteiger partial charge in [-0.2, -0.15) is 0 Å². The Morgan fingerprint density at radius 2 is 2.07 bits per heavy atom. The molecule has 0 saturated heterocycles. The lowest BCUT2D eigenvalue weighted by Gasteiger charge is -2.13. The Hall–Kier alpha value is -2.33. The lowest BCUT2D eigenvalue weighted by Crippen LogP contribution is -2.36. The van der Waals surface area contributed by atoms with Crippen LogP contribution in [-0.2, 0) is 13.1 Å². The zero-order valence-electron chi connectivity index (χ0n) is 15.6. The third-order valence-electron chi connectivity index (χ3n) is 3.72. The second-order valence-electron chi connectivity index (χ2n) is 5.61. The number of aromatic nitrogens is 1. The van der Waals surface area contributed by atoms with Gasteiger partial charge in [-0.05, 0) is 17.5 Å². The monoisotopic (exact) mass is 510 g/mol. The van der Waals surface area contributed by atoms with Gasteiger partial charge >= 0.3 is 0 Å². The molecular weight excluding hydrogens is 487 g/mol. The highest BCUT2D eigenvalue weighted by Gasteiger charge is 2.09. The molecule has 8 heteroatoms. The van der Waals surface area contributed by atoms with E-state index in [1.165, 1.54) is 0 Å². The maximum Gasteiger partial charge on any atom is 0.236 e. The Kier molecular flexibility index (Phi) is 9.02. The zero-order chi connectivity index (χ0) is 18.9. The normalized spacial score (nSPS) is 10.8. The number of nitrogens with zero attached hydrogens (tertiary/aromatic N) is 2. The summed E-state index contributed by atoms with van der Waals surface area (Å²) in [6.45, 7) is 5.26. The summed E-state index contributed by atoms with van der Waals surface area (Å²) < 4.78 is 11.2. The van der Waals surface area contributed by atoms with E-state index in [0.29, 0.717) is 31.5 Å². The summed E-state index contributed by atoms with van der Waals surface area (Å²) in [6, 6.07) is 11.9. The summed E-state index contributed by atoms with van der Waals surface area (Å²) in [6.07, 6.45) is 3.39. The van der Waals surface area contributed by atoms with Crippen molar-refractivity contribution in [2.24, 2.45) is 4.99 Å². The summed E-state index contributed by atoms with van der Waals surface area (Å²) in [4.78, 5) is 9.76. The maximum atomic E-state index is 5.68. The van der Waals surface area contributed by atoms with Gasteiger partial charge in [-0.15, -0.1) is 35.3 Å². The van der Waals surface area contributed by atoms with Gasteiger partial charge in [0.25, 0.3) is 0 Å². The van der Waals surface area contributed by atoms with Crippen LogP contribution in [0.2, 0.25) is 0 Å². The molecule has 2 N–H and O–H groups in total. The Labute approximate surface area is 185 Å². The fourth-order valence-corrected chi connectivity index (χ4v) is 3.07. The van der Waals surface area contributed by atoms with Crippen molar-refractivity contribution in [2.45, 2.75) is 13.1 Å². The number of halogens is 1. The van der Waals surface area contributed by atoms with Crippen molar-refractivity contribution in [1.29, 1.82) is 0 Å². The maximum absolute atomic E-state index is 5.68. The number of guanidine groups is 1. The number of oxazole rings is 1. The molecule has 148 valence electrons. The molecule has 0 atom stereocenters. The van der Waals surface area contributed by atoms with Crippen LogP contribution in [0.5, 0.6) is 5.75 Å². The number of nitrogens with one attached hydrogen (secondary N) is 2. The molecule has 0 bridgehead atoms. The van der Waals surface area contributed by atoms with E-state index in [4.69, 9.17) is 9.15 Å². The Morgan fingerprint density at radius 1 is 1.25 bits per heavy atom. The van der Waals surface area contributed by atoms with E-state index in [0.717, 1.165) is 21.9 Å². The largest absolute Gasteiger partial charge is 0.489 e. The number of benzene rings is 1. The van der Waals surface area contributed by atoms with Crippen molar-refractivity contribution in [3.63, 3.8) is 0 Å². The highest BCUT2D eigenvalue weighted by Crippen LogP contribution is 2.23. The minimum atomic E-state index is 0. The number of para-hydroxylation sites is 1. The smallest absolute Gasteiger partial charge is 0.236 e. The summed E-state index contributed by atoms with van der Waals surface area (Å²) >= 11 is 1.60. The summed E-state index contributed by atoms with van der Waals surface area (Å²) in [5.74, 6) is 2.14. The van der Waals surface area contributed by atoms with E-state index in [1.54, 1.807) is 30.7 Å². The molecule has 0 spiro atoms. The van der Waals surface area contributed by atoms with Crippen molar-refractivity contribution >= 4 is 41.3 Å². The van der Waals surface area contributed by atoms with Crippen LogP contribution in [0.4, 0.5) is 0 Å². The molecule has 0 amide bonds. The molecule has 2 aromatic heterocycles. The SMILES string of the molecule is C=CCOc1ccccc1CNC(=NC)NCc1coc(-c2cccs2)n1.I. The third-order valence-corrected chi connectivity index (χ3v) is 4.58. The van der Waals surface area contributed by atoms with Crippen molar-refractivity contribution in [3.8, 4) is 16.5 Å². The van der Waals surface area contributed by atoms with Gasteiger partial charge in [0.1, 0.15) is 18.6 Å². The summed E-state index contributed by atoms with van der Waals surface area (Å²) in [5.41, 5.74) is 1.86. The minimum Gasteiger partial charge on any atom is -0.489 e. The lowest BCUT2D eigenvalue weighted by molar-refractivity contribution is 0.358. The zero-order valence-corrected chi connectivity index (χ0v) is 18.7. The lowest BCUT2D eigenvalue weighted by atomic mass is 10.2. The number of hydrogen-bond acceptors (Lipinski definition) is 5. The highest BCUT2D eigenvalue weighted by atomic mass is 127. The predicted octanol–water partition coefficient (Wildman–Crippen LogP) is 4.45. The van der Waals surface area contributed by atoms with Gasteiger partial charge in [0.05, 0.1) is 17.1 Å².